The molecule has 0 heterocycles. The molecule has 0 radical (unpaired) electrons. The van der Waals surface area contributed by atoms with E-state index < -0.39 is 18.1 Å². The summed E-state index contributed by atoms with van der Waals surface area (Å²) in [5.41, 5.74) is 0.294. The van der Waals surface area contributed by atoms with Gasteiger partial charge in [-0.15, -0.1) is 0 Å². The Balaban J connectivity index is 2.83. The highest BCUT2D eigenvalue weighted by atomic mass is 19.4. The fourth-order valence-electron chi connectivity index (χ4n) is 1.09. The summed E-state index contributed by atoms with van der Waals surface area (Å²) in [5, 5.41) is 10.1. The van der Waals surface area contributed by atoms with Crippen molar-refractivity contribution in [2.24, 2.45) is 0 Å². The molecule has 96 valence electrons. The first-order valence-corrected chi connectivity index (χ1v) is 4.68. The zero-order valence-electron chi connectivity index (χ0n) is 8.86. The minimum Gasteiger partial charge on any atom is -0.478 e. The maximum Gasteiger partial charge on any atom is 0.471 e. The van der Waals surface area contributed by atoms with Gasteiger partial charge in [0.25, 0.3) is 0 Å². The summed E-state index contributed by atoms with van der Waals surface area (Å²) in [6, 6.07) is 5.38. The first-order chi connectivity index (χ1) is 8.29. The van der Waals surface area contributed by atoms with Crippen LogP contribution in [-0.2, 0) is 9.59 Å². The number of carbonyl (C=O) groups excluding carboxylic acids is 1. The molecule has 1 aromatic rings. The predicted octanol–water partition coefficient (Wildman–Crippen LogP) is 2.29. The number of halogens is 3. The van der Waals surface area contributed by atoms with Crippen LogP contribution in [0.4, 0.5) is 18.9 Å². The van der Waals surface area contributed by atoms with Gasteiger partial charge in [-0.05, 0) is 23.8 Å². The summed E-state index contributed by atoms with van der Waals surface area (Å²) in [6.07, 6.45) is -2.93. The monoisotopic (exact) mass is 259 g/mol. The fourth-order valence-corrected chi connectivity index (χ4v) is 1.09. The molecule has 0 spiro atoms. The normalized spacial score (nSPS) is 11.5. The van der Waals surface area contributed by atoms with Crippen LogP contribution in [0, 0.1) is 0 Å². The molecular weight excluding hydrogens is 251 g/mol. The van der Waals surface area contributed by atoms with E-state index in [4.69, 9.17) is 5.11 Å². The van der Waals surface area contributed by atoms with Crippen LogP contribution >= 0.6 is 0 Å². The van der Waals surface area contributed by atoms with Crippen molar-refractivity contribution in [3.05, 3.63) is 35.9 Å². The van der Waals surface area contributed by atoms with Crippen LogP contribution in [0.1, 0.15) is 5.56 Å². The zero-order chi connectivity index (χ0) is 13.8. The van der Waals surface area contributed by atoms with Gasteiger partial charge in [-0.25, -0.2) is 4.79 Å². The number of carbonyl (C=O) groups is 2. The van der Waals surface area contributed by atoms with Crippen molar-refractivity contribution in [3.63, 3.8) is 0 Å². The average Bonchev–Trinajstić information content (AvgIpc) is 2.25. The van der Waals surface area contributed by atoms with E-state index in [9.17, 15) is 22.8 Å². The van der Waals surface area contributed by atoms with Crippen LogP contribution in [0.25, 0.3) is 6.08 Å². The molecule has 0 saturated carbocycles. The minimum absolute atomic E-state index is 0.0649. The summed E-state index contributed by atoms with van der Waals surface area (Å²) >= 11 is 0. The zero-order valence-corrected chi connectivity index (χ0v) is 8.86. The number of alkyl halides is 3. The summed E-state index contributed by atoms with van der Waals surface area (Å²) in [6.45, 7) is 0. The minimum atomic E-state index is -4.97. The second-order valence-electron chi connectivity index (χ2n) is 3.25. The van der Waals surface area contributed by atoms with Crippen LogP contribution in [-0.4, -0.2) is 23.2 Å². The summed E-state index contributed by atoms with van der Waals surface area (Å²) in [7, 11) is 0. The lowest BCUT2D eigenvalue weighted by molar-refractivity contribution is -0.167. The van der Waals surface area contributed by atoms with Crippen molar-refractivity contribution >= 4 is 23.6 Å². The maximum absolute atomic E-state index is 12.0. The molecule has 4 nitrogen and oxygen atoms in total. The number of carboxylic acid groups (broad SMARTS) is 1. The number of hydrogen-bond donors (Lipinski definition) is 2. The standard InChI is InChI=1S/C11H8F3NO3/c12-11(13,14)10(18)15-8-3-1-2-7(6-8)4-5-9(16)17/h1-6H,(H,15,18)(H,16,17)/b5-4+. The van der Waals surface area contributed by atoms with Crippen molar-refractivity contribution in [2.75, 3.05) is 5.32 Å². The Morgan fingerprint density at radius 1 is 1.28 bits per heavy atom. The van der Waals surface area contributed by atoms with E-state index in [0.717, 1.165) is 6.08 Å². The lowest BCUT2D eigenvalue weighted by atomic mass is 10.2. The van der Waals surface area contributed by atoms with Crippen LogP contribution in [0.5, 0.6) is 0 Å². The van der Waals surface area contributed by atoms with E-state index in [1.54, 1.807) is 5.32 Å². The summed E-state index contributed by atoms with van der Waals surface area (Å²) < 4.78 is 36.0. The van der Waals surface area contributed by atoms with Gasteiger partial charge in [0.05, 0.1) is 0 Å². The van der Waals surface area contributed by atoms with Crippen molar-refractivity contribution < 1.29 is 27.9 Å². The highest BCUT2D eigenvalue weighted by molar-refractivity contribution is 5.95. The second kappa shape index (κ2) is 5.35. The van der Waals surface area contributed by atoms with Crippen molar-refractivity contribution in [3.8, 4) is 0 Å². The van der Waals surface area contributed by atoms with Gasteiger partial charge < -0.3 is 10.4 Å². The number of benzene rings is 1. The van der Waals surface area contributed by atoms with Gasteiger partial charge in [0.15, 0.2) is 0 Å². The van der Waals surface area contributed by atoms with Crippen LogP contribution in [0.3, 0.4) is 0 Å². The van der Waals surface area contributed by atoms with E-state index in [0.29, 0.717) is 5.56 Å². The molecule has 1 amide bonds. The number of nitrogens with one attached hydrogen (secondary N) is 1. The van der Waals surface area contributed by atoms with Gasteiger partial charge in [0.1, 0.15) is 0 Å². The van der Waals surface area contributed by atoms with Gasteiger partial charge >= 0.3 is 18.1 Å². The van der Waals surface area contributed by atoms with Gasteiger partial charge in [-0.3, -0.25) is 4.79 Å². The van der Waals surface area contributed by atoms with Crippen LogP contribution in [0.15, 0.2) is 30.3 Å². The number of anilines is 1. The molecule has 1 aromatic carbocycles. The highest BCUT2D eigenvalue weighted by Crippen LogP contribution is 2.19. The second-order valence-corrected chi connectivity index (χ2v) is 3.25. The van der Waals surface area contributed by atoms with Crippen LogP contribution in [0.2, 0.25) is 0 Å². The molecule has 0 bridgehead atoms. The topological polar surface area (TPSA) is 66.4 Å². The smallest absolute Gasteiger partial charge is 0.471 e. The molecule has 0 aliphatic rings. The molecule has 0 aromatic heterocycles. The van der Waals surface area contributed by atoms with Crippen molar-refractivity contribution in [1.29, 1.82) is 0 Å². The van der Waals surface area contributed by atoms with E-state index in [1.165, 1.54) is 30.3 Å². The molecule has 0 fully saturated rings. The van der Waals surface area contributed by atoms with Gasteiger partial charge in [-0.1, -0.05) is 12.1 Å². The quantitative estimate of drug-likeness (QED) is 0.818. The molecule has 0 aliphatic heterocycles. The van der Waals surface area contributed by atoms with Crippen LogP contribution < -0.4 is 5.32 Å². The first kappa shape index (κ1) is 13.8. The highest BCUT2D eigenvalue weighted by Gasteiger charge is 2.38. The Labute approximate surface area is 99.7 Å². The molecular formula is C11H8F3NO3. The molecule has 0 unspecified atom stereocenters. The fraction of sp³-hybridized carbons (Fsp3) is 0.0909. The number of carboxylic acids is 1. The number of amides is 1. The Morgan fingerprint density at radius 3 is 2.50 bits per heavy atom. The van der Waals surface area contributed by atoms with Crippen molar-refractivity contribution in [2.45, 2.75) is 6.18 Å². The van der Waals surface area contributed by atoms with E-state index in [1.807, 2.05) is 0 Å². The maximum atomic E-state index is 12.0. The largest absolute Gasteiger partial charge is 0.478 e. The molecule has 2 N–H and O–H groups in total. The van der Waals surface area contributed by atoms with E-state index in [2.05, 4.69) is 0 Å². The summed E-state index contributed by atoms with van der Waals surface area (Å²) in [4.78, 5) is 20.9. The van der Waals surface area contributed by atoms with E-state index >= 15 is 0 Å². The molecule has 0 saturated heterocycles. The molecule has 18 heavy (non-hydrogen) atoms. The van der Waals surface area contributed by atoms with E-state index in [-0.39, 0.29) is 5.69 Å². The third kappa shape index (κ3) is 4.28. The Bertz CT molecular complexity index is 495. The number of rotatable bonds is 3. The lowest BCUT2D eigenvalue weighted by Gasteiger charge is -2.08. The van der Waals surface area contributed by atoms with Gasteiger partial charge in [0, 0.05) is 11.8 Å². The van der Waals surface area contributed by atoms with Gasteiger partial charge in [-0.2, -0.15) is 13.2 Å². The summed E-state index contributed by atoms with van der Waals surface area (Å²) in [5.74, 6) is -3.26. The molecule has 7 heteroatoms. The number of aliphatic carboxylic acids is 1. The predicted molar refractivity (Wildman–Crippen MR) is 57.8 cm³/mol. The first-order valence-electron chi connectivity index (χ1n) is 4.68. The third-order valence-electron chi connectivity index (χ3n) is 1.82. The average molecular weight is 259 g/mol. The molecule has 0 atom stereocenters. The molecule has 0 aliphatic carbocycles. The van der Waals surface area contributed by atoms with Crippen molar-refractivity contribution in [1.82, 2.24) is 0 Å². The Morgan fingerprint density at radius 2 is 1.94 bits per heavy atom. The lowest BCUT2D eigenvalue weighted by Crippen LogP contribution is -2.29. The third-order valence-corrected chi connectivity index (χ3v) is 1.82. The molecule has 1 rings (SSSR count). The Hall–Kier alpha value is -2.31. The number of hydrogen-bond acceptors (Lipinski definition) is 2. The van der Waals surface area contributed by atoms with Gasteiger partial charge in [0.2, 0.25) is 0 Å². The SMILES string of the molecule is O=C(O)/C=C/c1cccc(NC(=O)C(F)(F)F)c1. The Kier molecular flexibility index (Phi) is 4.09.